The van der Waals surface area contributed by atoms with E-state index in [1.165, 1.54) is 12.1 Å². The molecule has 0 saturated carbocycles. The Hall–Kier alpha value is -1.68. The molecule has 0 aliphatic rings. The maximum absolute atomic E-state index is 10.4. The Kier molecular flexibility index (Phi) is 3.57. The van der Waals surface area contributed by atoms with Gasteiger partial charge in [-0.2, -0.15) is 0 Å². The fourth-order valence-electron chi connectivity index (χ4n) is 1.23. The molecular weight excluding hydrogens is 194 g/mol. The summed E-state index contributed by atoms with van der Waals surface area (Å²) in [5.41, 5.74) is 0.685. The number of nitrogens with zero attached hydrogens (tertiary/aromatic N) is 1. The molecule has 0 amide bonds. The fourth-order valence-corrected chi connectivity index (χ4v) is 1.23. The second kappa shape index (κ2) is 4.70. The highest BCUT2D eigenvalue weighted by molar-refractivity contribution is 5.34. The molecule has 0 unspecified atom stereocenters. The Labute approximate surface area is 88.0 Å². The number of rotatable bonds is 4. The zero-order chi connectivity index (χ0) is 11.4. The lowest BCUT2D eigenvalue weighted by atomic mass is 9.97. The van der Waals surface area contributed by atoms with Crippen LogP contribution in [0.5, 0.6) is 0 Å². The van der Waals surface area contributed by atoms with Gasteiger partial charge in [0.15, 0.2) is 0 Å². The van der Waals surface area contributed by atoms with Crippen molar-refractivity contribution in [3.05, 3.63) is 52.6 Å². The third kappa shape index (κ3) is 2.63. The Morgan fingerprint density at radius 3 is 2.40 bits per heavy atom. The van der Waals surface area contributed by atoms with Gasteiger partial charge in [-0.25, -0.2) is 0 Å². The second-order valence-electron chi connectivity index (χ2n) is 3.39. The number of aliphatic hydroxyl groups is 1. The molecular formula is C11H13NO3. The molecule has 0 heterocycles. The summed E-state index contributed by atoms with van der Waals surface area (Å²) >= 11 is 0. The van der Waals surface area contributed by atoms with Crippen LogP contribution in [0, 0.1) is 16.0 Å². The van der Waals surface area contributed by atoms with Crippen LogP contribution in [-0.4, -0.2) is 10.0 Å². The SMILES string of the molecule is C=C[C@H](C)[C@H](O)c1ccc([N+](=O)[O-])cc1. The van der Waals surface area contributed by atoms with Gasteiger partial charge in [0.05, 0.1) is 11.0 Å². The van der Waals surface area contributed by atoms with Crippen LogP contribution in [0.2, 0.25) is 0 Å². The van der Waals surface area contributed by atoms with Crippen molar-refractivity contribution in [3.8, 4) is 0 Å². The van der Waals surface area contributed by atoms with Crippen LogP contribution in [0.15, 0.2) is 36.9 Å². The predicted octanol–water partition coefficient (Wildman–Crippen LogP) is 2.45. The smallest absolute Gasteiger partial charge is 0.269 e. The van der Waals surface area contributed by atoms with Crippen LogP contribution >= 0.6 is 0 Å². The molecule has 0 fully saturated rings. The lowest BCUT2D eigenvalue weighted by Gasteiger charge is -2.14. The van der Waals surface area contributed by atoms with E-state index in [9.17, 15) is 15.2 Å². The topological polar surface area (TPSA) is 63.4 Å². The lowest BCUT2D eigenvalue weighted by molar-refractivity contribution is -0.384. The summed E-state index contributed by atoms with van der Waals surface area (Å²) in [5, 5.41) is 20.2. The van der Waals surface area contributed by atoms with Crippen molar-refractivity contribution < 1.29 is 10.0 Å². The minimum absolute atomic E-state index is 0.0252. The standard InChI is InChI=1S/C11H13NO3/c1-3-8(2)11(13)9-4-6-10(7-5-9)12(14)15/h3-8,11,13H,1H2,2H3/t8-,11-/m0/s1. The maximum Gasteiger partial charge on any atom is 0.269 e. The summed E-state index contributed by atoms with van der Waals surface area (Å²) in [7, 11) is 0. The minimum Gasteiger partial charge on any atom is -0.388 e. The zero-order valence-electron chi connectivity index (χ0n) is 8.46. The molecule has 80 valence electrons. The third-order valence-electron chi connectivity index (χ3n) is 2.32. The van der Waals surface area contributed by atoms with Crippen LogP contribution < -0.4 is 0 Å². The number of non-ortho nitro benzene ring substituents is 1. The molecule has 0 saturated heterocycles. The largest absolute Gasteiger partial charge is 0.388 e. The van der Waals surface area contributed by atoms with E-state index >= 15 is 0 Å². The third-order valence-corrected chi connectivity index (χ3v) is 2.32. The summed E-state index contributed by atoms with van der Waals surface area (Å²) in [6.07, 6.45) is 0.981. The fraction of sp³-hybridized carbons (Fsp3) is 0.273. The Balaban J connectivity index is 2.88. The molecule has 1 aromatic carbocycles. The van der Waals surface area contributed by atoms with E-state index in [-0.39, 0.29) is 11.6 Å². The summed E-state index contributed by atoms with van der Waals surface area (Å²) in [6, 6.07) is 5.88. The quantitative estimate of drug-likeness (QED) is 0.468. The molecule has 4 nitrogen and oxygen atoms in total. The summed E-state index contributed by atoms with van der Waals surface area (Å²) in [4.78, 5) is 9.93. The highest BCUT2D eigenvalue weighted by Crippen LogP contribution is 2.24. The van der Waals surface area contributed by atoms with Crippen LogP contribution in [0.4, 0.5) is 5.69 Å². The number of nitro benzene ring substituents is 1. The number of benzene rings is 1. The molecule has 0 radical (unpaired) electrons. The molecule has 2 atom stereocenters. The molecule has 0 aliphatic heterocycles. The zero-order valence-corrected chi connectivity index (χ0v) is 8.46. The number of hydrogen-bond acceptors (Lipinski definition) is 3. The normalized spacial score (nSPS) is 14.3. The Morgan fingerprint density at radius 1 is 1.47 bits per heavy atom. The number of hydrogen-bond donors (Lipinski definition) is 1. The van der Waals surface area contributed by atoms with E-state index in [1.54, 1.807) is 18.2 Å². The van der Waals surface area contributed by atoms with E-state index in [4.69, 9.17) is 0 Å². The highest BCUT2D eigenvalue weighted by Gasteiger charge is 2.14. The average molecular weight is 207 g/mol. The van der Waals surface area contributed by atoms with Crippen LogP contribution in [0.3, 0.4) is 0 Å². The van der Waals surface area contributed by atoms with Gasteiger partial charge < -0.3 is 5.11 Å². The molecule has 0 aliphatic carbocycles. The second-order valence-corrected chi connectivity index (χ2v) is 3.39. The number of aliphatic hydroxyl groups excluding tert-OH is 1. The van der Waals surface area contributed by atoms with Crippen molar-refractivity contribution in [2.24, 2.45) is 5.92 Å². The van der Waals surface area contributed by atoms with E-state index in [1.807, 2.05) is 6.92 Å². The van der Waals surface area contributed by atoms with Crippen LogP contribution in [-0.2, 0) is 0 Å². The predicted molar refractivity (Wildman–Crippen MR) is 57.4 cm³/mol. The molecule has 1 rings (SSSR count). The van der Waals surface area contributed by atoms with Gasteiger partial charge in [0.1, 0.15) is 0 Å². The van der Waals surface area contributed by atoms with E-state index in [0.29, 0.717) is 5.56 Å². The van der Waals surface area contributed by atoms with Crippen molar-refractivity contribution in [1.82, 2.24) is 0 Å². The molecule has 1 aromatic rings. The van der Waals surface area contributed by atoms with E-state index in [2.05, 4.69) is 6.58 Å². The van der Waals surface area contributed by atoms with Crippen molar-refractivity contribution in [2.75, 3.05) is 0 Å². The number of nitro groups is 1. The average Bonchev–Trinajstić information content (AvgIpc) is 2.27. The first-order valence-electron chi connectivity index (χ1n) is 4.61. The van der Waals surface area contributed by atoms with Gasteiger partial charge in [-0.05, 0) is 17.7 Å². The van der Waals surface area contributed by atoms with Crippen molar-refractivity contribution in [2.45, 2.75) is 13.0 Å². The summed E-state index contributed by atoms with van der Waals surface area (Å²) in [6.45, 7) is 5.42. The highest BCUT2D eigenvalue weighted by atomic mass is 16.6. The van der Waals surface area contributed by atoms with Crippen molar-refractivity contribution in [3.63, 3.8) is 0 Å². The Bertz CT molecular complexity index is 359. The van der Waals surface area contributed by atoms with E-state index < -0.39 is 11.0 Å². The van der Waals surface area contributed by atoms with Gasteiger partial charge in [0, 0.05) is 18.1 Å². The van der Waals surface area contributed by atoms with Gasteiger partial charge in [0.25, 0.3) is 5.69 Å². The molecule has 0 aromatic heterocycles. The molecule has 0 bridgehead atoms. The minimum atomic E-state index is -0.664. The first kappa shape index (κ1) is 11.4. The molecule has 4 heteroatoms. The maximum atomic E-state index is 10.4. The van der Waals surface area contributed by atoms with Gasteiger partial charge in [-0.15, -0.1) is 6.58 Å². The monoisotopic (exact) mass is 207 g/mol. The Morgan fingerprint density at radius 2 is 2.00 bits per heavy atom. The molecule has 0 spiro atoms. The van der Waals surface area contributed by atoms with Crippen molar-refractivity contribution in [1.29, 1.82) is 0 Å². The van der Waals surface area contributed by atoms with Gasteiger partial charge in [0.2, 0.25) is 0 Å². The molecule has 15 heavy (non-hydrogen) atoms. The van der Waals surface area contributed by atoms with E-state index in [0.717, 1.165) is 0 Å². The first-order valence-corrected chi connectivity index (χ1v) is 4.61. The van der Waals surface area contributed by atoms with Crippen LogP contribution in [0.25, 0.3) is 0 Å². The van der Waals surface area contributed by atoms with Gasteiger partial charge >= 0.3 is 0 Å². The lowest BCUT2D eigenvalue weighted by Crippen LogP contribution is -2.06. The first-order chi connectivity index (χ1) is 7.06. The van der Waals surface area contributed by atoms with Gasteiger partial charge in [-0.1, -0.05) is 13.0 Å². The van der Waals surface area contributed by atoms with Crippen LogP contribution in [0.1, 0.15) is 18.6 Å². The van der Waals surface area contributed by atoms with Crippen molar-refractivity contribution >= 4 is 5.69 Å². The molecule has 1 N–H and O–H groups in total. The van der Waals surface area contributed by atoms with Gasteiger partial charge in [-0.3, -0.25) is 10.1 Å². The summed E-state index contributed by atoms with van der Waals surface area (Å²) < 4.78 is 0. The summed E-state index contributed by atoms with van der Waals surface area (Å²) in [5.74, 6) is -0.0774.